The Morgan fingerprint density at radius 2 is 2.44 bits per heavy atom. The molecule has 100 valence electrons. The van der Waals surface area contributed by atoms with E-state index < -0.39 is 10.7 Å². The molecule has 6 heteroatoms. The maximum Gasteiger partial charge on any atom is 0.320 e. The van der Waals surface area contributed by atoms with Crippen LogP contribution in [-0.4, -0.2) is 36.3 Å². The monoisotopic (exact) mass is 269 g/mol. The summed E-state index contributed by atoms with van der Waals surface area (Å²) in [5.41, 5.74) is 0. The van der Waals surface area contributed by atoms with Crippen molar-refractivity contribution in [3.8, 4) is 0 Å². The maximum absolute atomic E-state index is 11.5. The second kappa shape index (κ2) is 5.30. The first-order valence-corrected chi connectivity index (χ1v) is 7.26. The Labute approximate surface area is 111 Å². The van der Waals surface area contributed by atoms with Crippen LogP contribution in [0.1, 0.15) is 32.5 Å². The van der Waals surface area contributed by atoms with Crippen molar-refractivity contribution < 1.29 is 9.90 Å². The molecule has 1 unspecified atom stereocenters. The fourth-order valence-corrected chi connectivity index (χ4v) is 3.58. The van der Waals surface area contributed by atoms with Gasteiger partial charge in [0.25, 0.3) is 0 Å². The highest BCUT2D eigenvalue weighted by atomic mass is 32.2. The molecule has 2 rings (SSSR count). The van der Waals surface area contributed by atoms with Gasteiger partial charge in [0.15, 0.2) is 0 Å². The Morgan fingerprint density at radius 1 is 1.67 bits per heavy atom. The molecule has 0 aliphatic carbocycles. The summed E-state index contributed by atoms with van der Waals surface area (Å²) in [4.78, 5) is 15.7. The van der Waals surface area contributed by atoms with E-state index in [4.69, 9.17) is 0 Å². The van der Waals surface area contributed by atoms with Gasteiger partial charge in [-0.15, -0.1) is 11.8 Å². The minimum atomic E-state index is -0.718. The molecule has 0 saturated carbocycles. The summed E-state index contributed by atoms with van der Waals surface area (Å²) >= 11 is 1.54. The Morgan fingerprint density at radius 3 is 3.00 bits per heavy atom. The van der Waals surface area contributed by atoms with Crippen LogP contribution in [0.15, 0.2) is 6.33 Å². The highest BCUT2D eigenvalue weighted by Gasteiger charge is 2.43. The fraction of sp³-hybridized carbons (Fsp3) is 0.750. The fourth-order valence-electron chi connectivity index (χ4n) is 2.26. The van der Waals surface area contributed by atoms with E-state index in [9.17, 15) is 9.90 Å². The van der Waals surface area contributed by atoms with E-state index in [2.05, 4.69) is 23.9 Å². The van der Waals surface area contributed by atoms with Gasteiger partial charge >= 0.3 is 5.97 Å². The first-order chi connectivity index (χ1) is 8.53. The molecule has 0 aromatic carbocycles. The van der Waals surface area contributed by atoms with Crippen LogP contribution in [0.2, 0.25) is 0 Å². The first-order valence-electron chi connectivity index (χ1n) is 6.27. The Balaban J connectivity index is 2.17. The van der Waals surface area contributed by atoms with Gasteiger partial charge in [-0.05, 0) is 24.5 Å². The molecule has 1 aliphatic rings. The van der Waals surface area contributed by atoms with Gasteiger partial charge in [0.05, 0.1) is 0 Å². The second-order valence-corrected chi connectivity index (χ2v) is 6.66. The highest BCUT2D eigenvalue weighted by Crippen LogP contribution is 2.40. The number of nitrogens with zero attached hydrogens (tertiary/aromatic N) is 3. The minimum absolute atomic E-state index is 0.472. The number of carboxylic acids is 1. The van der Waals surface area contributed by atoms with Gasteiger partial charge in [0, 0.05) is 13.0 Å². The molecule has 1 N–H and O–H groups in total. The van der Waals surface area contributed by atoms with Crippen molar-refractivity contribution >= 4 is 17.7 Å². The summed E-state index contributed by atoms with van der Waals surface area (Å²) < 4.78 is 1.15. The van der Waals surface area contributed by atoms with E-state index in [1.807, 2.05) is 4.68 Å². The zero-order valence-corrected chi connectivity index (χ0v) is 11.6. The summed E-state index contributed by atoms with van der Waals surface area (Å²) in [5, 5.41) is 13.6. The van der Waals surface area contributed by atoms with Crippen LogP contribution in [0.25, 0.3) is 0 Å². The van der Waals surface area contributed by atoms with Crippen LogP contribution in [0.4, 0.5) is 0 Å². The molecule has 1 aliphatic heterocycles. The van der Waals surface area contributed by atoms with Crippen molar-refractivity contribution in [1.82, 2.24) is 14.8 Å². The van der Waals surface area contributed by atoms with Gasteiger partial charge < -0.3 is 5.11 Å². The molecular weight excluding hydrogens is 250 g/mol. The molecule has 0 spiro atoms. The standard InChI is InChI=1S/C12H19N3O2S/c1-9(2)7-15-10(13-8-14-15)6-12(11(16)17)4-3-5-18-12/h8-9H,3-7H2,1-2H3,(H,16,17). The van der Waals surface area contributed by atoms with Crippen LogP contribution in [0.5, 0.6) is 0 Å². The lowest BCUT2D eigenvalue weighted by atomic mass is 9.99. The second-order valence-electron chi connectivity index (χ2n) is 5.18. The largest absolute Gasteiger partial charge is 0.480 e. The van der Waals surface area contributed by atoms with Crippen LogP contribution in [-0.2, 0) is 17.8 Å². The predicted molar refractivity (Wildman–Crippen MR) is 70.6 cm³/mol. The maximum atomic E-state index is 11.5. The van der Waals surface area contributed by atoms with Crippen molar-refractivity contribution in [3.63, 3.8) is 0 Å². The van der Waals surface area contributed by atoms with Gasteiger partial charge in [-0.2, -0.15) is 5.10 Å². The zero-order valence-electron chi connectivity index (χ0n) is 10.8. The van der Waals surface area contributed by atoms with Crippen LogP contribution >= 0.6 is 11.8 Å². The molecule has 2 heterocycles. The first kappa shape index (κ1) is 13.4. The molecule has 1 atom stereocenters. The average Bonchev–Trinajstić information content (AvgIpc) is 2.89. The van der Waals surface area contributed by atoms with Crippen LogP contribution in [0.3, 0.4) is 0 Å². The molecule has 0 radical (unpaired) electrons. The number of rotatable bonds is 5. The van der Waals surface area contributed by atoms with Crippen molar-refractivity contribution in [2.75, 3.05) is 5.75 Å². The number of carbonyl (C=O) groups is 1. The number of aromatic nitrogens is 3. The Bertz CT molecular complexity index is 425. The summed E-state index contributed by atoms with van der Waals surface area (Å²) in [6, 6.07) is 0. The van der Waals surface area contributed by atoms with Gasteiger partial charge in [-0.1, -0.05) is 13.8 Å². The van der Waals surface area contributed by atoms with Gasteiger partial charge in [0.1, 0.15) is 16.9 Å². The summed E-state index contributed by atoms with van der Waals surface area (Å²) in [5.74, 6) is 1.47. The van der Waals surface area contributed by atoms with E-state index >= 15 is 0 Å². The number of hydrogen-bond donors (Lipinski definition) is 1. The third kappa shape index (κ3) is 2.68. The van der Waals surface area contributed by atoms with E-state index in [-0.39, 0.29) is 0 Å². The number of thioether (sulfide) groups is 1. The van der Waals surface area contributed by atoms with Crippen molar-refractivity contribution in [2.24, 2.45) is 5.92 Å². The molecule has 18 heavy (non-hydrogen) atoms. The number of hydrogen-bond acceptors (Lipinski definition) is 4. The molecule has 0 amide bonds. The van der Waals surface area contributed by atoms with E-state index in [0.29, 0.717) is 12.3 Å². The summed E-state index contributed by atoms with van der Waals surface area (Å²) in [6.45, 7) is 5.02. The van der Waals surface area contributed by atoms with Gasteiger partial charge in [0.2, 0.25) is 0 Å². The molecule has 1 saturated heterocycles. The average molecular weight is 269 g/mol. The van der Waals surface area contributed by atoms with Crippen molar-refractivity contribution in [1.29, 1.82) is 0 Å². The third-order valence-corrected chi connectivity index (χ3v) is 4.74. The SMILES string of the molecule is CC(C)Cn1ncnc1CC1(C(=O)O)CCCS1. The lowest BCUT2D eigenvalue weighted by Crippen LogP contribution is -2.36. The topological polar surface area (TPSA) is 68.0 Å². The molecule has 1 aromatic heterocycles. The summed E-state index contributed by atoms with van der Waals surface area (Å²) in [6.07, 6.45) is 3.68. The Kier molecular flexibility index (Phi) is 3.94. The quantitative estimate of drug-likeness (QED) is 0.883. The molecular formula is C12H19N3O2S. The lowest BCUT2D eigenvalue weighted by molar-refractivity contribution is -0.140. The van der Waals surface area contributed by atoms with Crippen LogP contribution < -0.4 is 0 Å². The summed E-state index contributed by atoms with van der Waals surface area (Å²) in [7, 11) is 0. The van der Waals surface area contributed by atoms with E-state index in [1.54, 1.807) is 11.8 Å². The predicted octanol–water partition coefficient (Wildman–Crippen LogP) is 1.83. The Hall–Kier alpha value is -1.04. The van der Waals surface area contributed by atoms with Crippen LogP contribution in [0, 0.1) is 5.92 Å². The molecule has 1 fully saturated rings. The highest BCUT2D eigenvalue weighted by molar-refractivity contribution is 8.01. The lowest BCUT2D eigenvalue weighted by Gasteiger charge is -2.22. The van der Waals surface area contributed by atoms with E-state index in [0.717, 1.165) is 31.0 Å². The third-order valence-electron chi connectivity index (χ3n) is 3.17. The number of carboxylic acid groups (broad SMARTS) is 1. The van der Waals surface area contributed by atoms with Crippen molar-refractivity contribution in [2.45, 2.75) is 44.4 Å². The minimum Gasteiger partial charge on any atom is -0.480 e. The molecule has 0 bridgehead atoms. The molecule has 5 nitrogen and oxygen atoms in total. The van der Waals surface area contributed by atoms with Crippen molar-refractivity contribution in [3.05, 3.63) is 12.2 Å². The van der Waals surface area contributed by atoms with Gasteiger partial charge in [-0.25, -0.2) is 9.67 Å². The zero-order chi connectivity index (χ0) is 13.2. The normalized spacial score (nSPS) is 23.7. The van der Waals surface area contributed by atoms with E-state index in [1.165, 1.54) is 6.33 Å². The smallest absolute Gasteiger partial charge is 0.320 e. The van der Waals surface area contributed by atoms with Gasteiger partial charge in [-0.3, -0.25) is 4.79 Å². The number of aliphatic carboxylic acids is 1. The molecule has 1 aromatic rings.